The number of ether oxygens (including phenoxy) is 4. The number of anilines is 1. The average Bonchev–Trinajstić information content (AvgIpc) is 3.69. The molecule has 10 rings (SSSR count). The minimum absolute atomic E-state index is 0.0975. The van der Waals surface area contributed by atoms with Crippen molar-refractivity contribution in [3.8, 4) is 23.1 Å². The molecule has 3 aromatic heterocycles. The zero-order valence-electron chi connectivity index (χ0n) is 27.3. The fourth-order valence-electron chi connectivity index (χ4n) is 9.21. The van der Waals surface area contributed by atoms with Crippen LogP contribution in [0, 0.1) is 5.82 Å². The average molecular weight is 654 g/mol. The van der Waals surface area contributed by atoms with Crippen LogP contribution in [0.25, 0.3) is 33.1 Å². The van der Waals surface area contributed by atoms with E-state index in [4.69, 9.17) is 33.9 Å². The molecule has 12 heteroatoms. The number of fused-ring (bicyclic) bond motifs is 5. The molecular formula is C36H40FN7O4. The van der Waals surface area contributed by atoms with Crippen LogP contribution in [0.4, 0.5) is 10.2 Å². The van der Waals surface area contributed by atoms with Crippen LogP contribution in [0.15, 0.2) is 23.6 Å². The van der Waals surface area contributed by atoms with Crippen molar-refractivity contribution in [2.24, 2.45) is 0 Å². The van der Waals surface area contributed by atoms with E-state index in [0.717, 1.165) is 98.9 Å². The summed E-state index contributed by atoms with van der Waals surface area (Å²) in [5, 5.41) is 8.82. The molecule has 4 saturated heterocycles. The fraction of sp³-hybridized carbons (Fsp3) is 0.556. The normalized spacial score (nSPS) is 28.2. The topological polar surface area (TPSA) is 111 Å². The summed E-state index contributed by atoms with van der Waals surface area (Å²) >= 11 is 0. The molecule has 1 aliphatic carbocycles. The van der Waals surface area contributed by atoms with Gasteiger partial charge in [-0.25, -0.2) is 9.37 Å². The second kappa shape index (κ2) is 11.0. The number of nitrogens with one attached hydrogen (secondary N) is 1. The quantitative estimate of drug-likeness (QED) is 0.306. The van der Waals surface area contributed by atoms with Crippen LogP contribution in [0.3, 0.4) is 0 Å². The molecule has 0 saturated carbocycles. The van der Waals surface area contributed by atoms with Crippen LogP contribution >= 0.6 is 0 Å². The predicted octanol–water partition coefficient (Wildman–Crippen LogP) is 5.43. The minimum atomic E-state index is -0.486. The van der Waals surface area contributed by atoms with Crippen molar-refractivity contribution >= 4 is 27.6 Å². The first-order valence-electron chi connectivity index (χ1n) is 17.7. The molecule has 1 aromatic carbocycles. The molecule has 4 fully saturated rings. The molecule has 1 N–H and O–H groups in total. The summed E-state index contributed by atoms with van der Waals surface area (Å²) in [6.07, 6.45) is 9.77. The molecule has 0 radical (unpaired) electrons. The molecule has 5 aliphatic heterocycles. The molecule has 6 aliphatic rings. The molecule has 4 aromatic rings. The molecule has 250 valence electrons. The van der Waals surface area contributed by atoms with Gasteiger partial charge in [0.25, 0.3) is 0 Å². The third-order valence-corrected chi connectivity index (χ3v) is 11.7. The van der Waals surface area contributed by atoms with Gasteiger partial charge in [0.05, 0.1) is 42.3 Å². The third-order valence-electron chi connectivity index (χ3n) is 11.7. The monoisotopic (exact) mass is 653 g/mol. The van der Waals surface area contributed by atoms with Crippen molar-refractivity contribution in [2.45, 2.75) is 75.8 Å². The van der Waals surface area contributed by atoms with Crippen molar-refractivity contribution in [3.63, 3.8) is 0 Å². The molecule has 0 amide bonds. The van der Waals surface area contributed by atoms with Gasteiger partial charge >= 0.3 is 6.01 Å². The smallest absolute Gasteiger partial charge is 0.319 e. The number of aromatic amines is 1. The summed E-state index contributed by atoms with van der Waals surface area (Å²) in [6.45, 7) is 7.61. The van der Waals surface area contributed by atoms with E-state index in [1.54, 1.807) is 6.20 Å². The lowest BCUT2D eigenvalue weighted by molar-refractivity contribution is 0.107. The number of hydrogen-bond acceptors (Lipinski definition) is 10. The highest BCUT2D eigenvalue weighted by Gasteiger charge is 2.48. The maximum Gasteiger partial charge on any atom is 0.319 e. The van der Waals surface area contributed by atoms with Crippen LogP contribution in [0.2, 0.25) is 0 Å². The maximum atomic E-state index is 17.4. The third kappa shape index (κ3) is 4.37. The number of rotatable bonds is 4. The van der Waals surface area contributed by atoms with Gasteiger partial charge in [-0.3, -0.25) is 10.00 Å². The Morgan fingerprint density at radius 2 is 2.02 bits per heavy atom. The molecule has 0 spiro atoms. The summed E-state index contributed by atoms with van der Waals surface area (Å²) in [5.74, 6) is 1.87. The molecule has 0 bridgehead atoms. The second-order valence-corrected chi connectivity index (χ2v) is 14.5. The number of pyridine rings is 1. The van der Waals surface area contributed by atoms with Gasteiger partial charge in [0, 0.05) is 37.1 Å². The Labute approximate surface area is 277 Å². The molecule has 11 nitrogen and oxygen atoms in total. The van der Waals surface area contributed by atoms with Crippen LogP contribution in [0.1, 0.15) is 68.9 Å². The summed E-state index contributed by atoms with van der Waals surface area (Å²) in [5.41, 5.74) is 5.68. The summed E-state index contributed by atoms with van der Waals surface area (Å²) in [6, 6.07) is 2.26. The molecule has 0 unspecified atom stereocenters. The van der Waals surface area contributed by atoms with E-state index in [0.29, 0.717) is 50.1 Å². The largest absolute Gasteiger partial charge is 0.497 e. The van der Waals surface area contributed by atoms with Gasteiger partial charge in [-0.2, -0.15) is 15.1 Å². The van der Waals surface area contributed by atoms with Crippen molar-refractivity contribution < 1.29 is 23.3 Å². The Bertz CT molecular complexity index is 1990. The number of aryl methyl sites for hydroxylation is 1. The van der Waals surface area contributed by atoms with Gasteiger partial charge in [-0.1, -0.05) is 6.92 Å². The van der Waals surface area contributed by atoms with Crippen molar-refractivity contribution in [1.82, 2.24) is 30.0 Å². The molecule has 48 heavy (non-hydrogen) atoms. The van der Waals surface area contributed by atoms with E-state index in [1.165, 1.54) is 11.1 Å². The fourth-order valence-corrected chi connectivity index (χ4v) is 9.21. The van der Waals surface area contributed by atoms with Gasteiger partial charge in [0.15, 0.2) is 5.82 Å². The van der Waals surface area contributed by atoms with Gasteiger partial charge in [0.2, 0.25) is 5.88 Å². The zero-order valence-corrected chi connectivity index (χ0v) is 27.3. The number of hydrogen-bond donors (Lipinski definition) is 1. The SMILES string of the molecule is C[C@@H]1CCCc2cc3[nH]ncc3c(-c3nc4c5c(nc(OC[C@@]67CCCN6C/C(=C6/CCO6)C7)nc5c3F)N3CCCOC[C@H]3CO4)c21. The molecular weight excluding hydrogens is 613 g/mol. The number of aromatic nitrogens is 5. The second-order valence-electron chi connectivity index (χ2n) is 14.5. The van der Waals surface area contributed by atoms with Crippen LogP contribution in [-0.4, -0.2) is 94.3 Å². The van der Waals surface area contributed by atoms with Crippen molar-refractivity contribution in [3.05, 3.63) is 40.5 Å². The standard InChI is InChI=1S/C36H40FN7O4/c1-20-5-2-6-21-13-25-24(15-38-42-25)28(27(20)21)31-30(37)32-29-33(44-10-4-11-45-17-23(44)18-47-34(29)39-31)41-35(40-32)48-19-36-8-3-9-43(36)16-22(14-36)26-7-12-46-26/h13,15,20,23H,2-12,14,16-19H2,1H3,(H,38,42)/b26-22-/t20-,23+,36+/m1/s1. The first kappa shape index (κ1) is 28.9. The number of halogens is 1. The van der Waals surface area contributed by atoms with Gasteiger partial charge in [-0.15, -0.1) is 0 Å². The summed E-state index contributed by atoms with van der Waals surface area (Å²) in [7, 11) is 0. The van der Waals surface area contributed by atoms with E-state index in [1.807, 2.05) is 0 Å². The highest BCUT2D eigenvalue weighted by molar-refractivity contribution is 6.02. The first-order chi connectivity index (χ1) is 23.6. The predicted molar refractivity (Wildman–Crippen MR) is 177 cm³/mol. The van der Waals surface area contributed by atoms with Crippen LogP contribution < -0.4 is 14.4 Å². The highest BCUT2D eigenvalue weighted by Crippen LogP contribution is 2.47. The van der Waals surface area contributed by atoms with E-state index in [-0.39, 0.29) is 34.7 Å². The first-order valence-corrected chi connectivity index (χ1v) is 17.7. The highest BCUT2D eigenvalue weighted by atomic mass is 19.1. The zero-order chi connectivity index (χ0) is 32.0. The number of nitrogens with zero attached hydrogens (tertiary/aromatic N) is 6. The maximum absolute atomic E-state index is 17.4. The van der Waals surface area contributed by atoms with Crippen molar-refractivity contribution in [1.29, 1.82) is 0 Å². The van der Waals surface area contributed by atoms with Gasteiger partial charge < -0.3 is 23.8 Å². The lowest BCUT2D eigenvalue weighted by atomic mass is 9.79. The summed E-state index contributed by atoms with van der Waals surface area (Å²) in [4.78, 5) is 19.6. The van der Waals surface area contributed by atoms with E-state index >= 15 is 4.39 Å². The van der Waals surface area contributed by atoms with E-state index in [2.05, 4.69) is 33.0 Å². The Balaban J connectivity index is 1.14. The minimum Gasteiger partial charge on any atom is -0.497 e. The molecule has 8 heterocycles. The molecule has 3 atom stereocenters. The Kier molecular flexibility index (Phi) is 6.63. The Morgan fingerprint density at radius 1 is 1.08 bits per heavy atom. The summed E-state index contributed by atoms with van der Waals surface area (Å²) < 4.78 is 42.2. The van der Waals surface area contributed by atoms with E-state index < -0.39 is 5.82 Å². The number of H-pyrrole nitrogens is 1. The van der Waals surface area contributed by atoms with Crippen LogP contribution in [-0.2, 0) is 15.9 Å². The lowest BCUT2D eigenvalue weighted by Gasteiger charge is -2.31. The Hall–Kier alpha value is -4.03. The van der Waals surface area contributed by atoms with Crippen LogP contribution in [0.5, 0.6) is 11.9 Å². The Morgan fingerprint density at radius 3 is 2.92 bits per heavy atom. The van der Waals surface area contributed by atoms with Gasteiger partial charge in [-0.05, 0) is 80.2 Å². The number of benzene rings is 1. The van der Waals surface area contributed by atoms with Crippen molar-refractivity contribution in [2.75, 3.05) is 57.6 Å². The lowest BCUT2D eigenvalue weighted by Crippen LogP contribution is -2.43. The van der Waals surface area contributed by atoms with Gasteiger partial charge in [0.1, 0.15) is 35.6 Å². The van der Waals surface area contributed by atoms with E-state index in [9.17, 15) is 0 Å².